The summed E-state index contributed by atoms with van der Waals surface area (Å²) in [4.78, 5) is 16.1. The van der Waals surface area contributed by atoms with E-state index in [1.807, 2.05) is 36.4 Å². The van der Waals surface area contributed by atoms with Crippen molar-refractivity contribution in [2.75, 3.05) is 12.4 Å². The molecule has 0 bridgehead atoms. The first-order valence-electron chi connectivity index (χ1n) is 7.14. The van der Waals surface area contributed by atoms with Gasteiger partial charge in [0, 0.05) is 24.5 Å². The van der Waals surface area contributed by atoms with Crippen molar-refractivity contribution in [3.63, 3.8) is 0 Å². The Hall–Kier alpha value is -3.15. The first kappa shape index (κ1) is 14.8. The van der Waals surface area contributed by atoms with Gasteiger partial charge < -0.3 is 10.1 Å². The smallest absolute Gasteiger partial charge is 0.229 e. The van der Waals surface area contributed by atoms with Crippen molar-refractivity contribution in [3.8, 4) is 11.6 Å². The number of aromatic nitrogens is 3. The maximum absolute atomic E-state index is 12.0. The van der Waals surface area contributed by atoms with Crippen molar-refractivity contribution in [3.05, 3.63) is 66.5 Å². The fourth-order valence-corrected chi connectivity index (χ4v) is 2.16. The van der Waals surface area contributed by atoms with Crippen LogP contribution in [-0.4, -0.2) is 27.8 Å². The molecule has 1 amide bonds. The zero-order chi connectivity index (χ0) is 16.1. The highest BCUT2D eigenvalue weighted by molar-refractivity contribution is 5.91. The number of methoxy groups -OCH3 is 1. The van der Waals surface area contributed by atoms with E-state index in [1.165, 1.54) is 0 Å². The molecule has 0 aliphatic heterocycles. The third-order valence-electron chi connectivity index (χ3n) is 3.26. The van der Waals surface area contributed by atoms with Crippen LogP contribution in [0.3, 0.4) is 0 Å². The number of anilines is 1. The molecule has 0 radical (unpaired) electrons. The molecule has 3 rings (SSSR count). The van der Waals surface area contributed by atoms with Crippen LogP contribution in [-0.2, 0) is 11.2 Å². The maximum atomic E-state index is 12.0. The lowest BCUT2D eigenvalue weighted by atomic mass is 10.1. The average molecular weight is 308 g/mol. The Morgan fingerprint density at radius 1 is 1.22 bits per heavy atom. The minimum absolute atomic E-state index is 0.103. The van der Waals surface area contributed by atoms with Crippen molar-refractivity contribution < 1.29 is 9.53 Å². The molecule has 116 valence electrons. The summed E-state index contributed by atoms with van der Waals surface area (Å²) in [5.74, 6) is 0.906. The first-order chi connectivity index (χ1) is 11.2. The van der Waals surface area contributed by atoms with Crippen molar-refractivity contribution in [1.82, 2.24) is 14.8 Å². The number of hydrogen-bond donors (Lipinski definition) is 1. The molecule has 23 heavy (non-hydrogen) atoms. The van der Waals surface area contributed by atoms with Crippen molar-refractivity contribution >= 4 is 11.7 Å². The third kappa shape index (κ3) is 3.74. The maximum Gasteiger partial charge on any atom is 0.229 e. The van der Waals surface area contributed by atoms with Crippen LogP contribution in [0.5, 0.6) is 5.88 Å². The molecule has 0 unspecified atom stereocenters. The Balaban J connectivity index is 1.68. The summed E-state index contributed by atoms with van der Waals surface area (Å²) in [6.45, 7) is 0. The minimum Gasteiger partial charge on any atom is -0.481 e. The number of hydrogen-bond acceptors (Lipinski definition) is 4. The number of benzene rings is 1. The van der Waals surface area contributed by atoms with E-state index in [1.54, 1.807) is 36.3 Å². The van der Waals surface area contributed by atoms with Crippen LogP contribution >= 0.6 is 0 Å². The Morgan fingerprint density at radius 3 is 2.83 bits per heavy atom. The Morgan fingerprint density at radius 2 is 2.04 bits per heavy atom. The standard InChI is InChI=1S/C17H16N4O2/c1-23-17-12-14(7-9-18-17)21-10-8-15(20-21)19-16(22)11-13-5-3-2-4-6-13/h2-10,12H,11H2,1H3,(H,19,20,22). The van der Waals surface area contributed by atoms with Gasteiger partial charge in [-0.05, 0) is 11.6 Å². The molecule has 6 nitrogen and oxygen atoms in total. The first-order valence-corrected chi connectivity index (χ1v) is 7.14. The van der Waals surface area contributed by atoms with E-state index >= 15 is 0 Å². The van der Waals surface area contributed by atoms with Gasteiger partial charge in [-0.2, -0.15) is 5.10 Å². The van der Waals surface area contributed by atoms with E-state index in [9.17, 15) is 4.79 Å². The van der Waals surface area contributed by atoms with E-state index in [0.29, 0.717) is 18.1 Å². The van der Waals surface area contributed by atoms with E-state index in [2.05, 4.69) is 15.4 Å². The van der Waals surface area contributed by atoms with Crippen molar-refractivity contribution in [1.29, 1.82) is 0 Å². The lowest BCUT2D eigenvalue weighted by Gasteiger charge is -2.04. The van der Waals surface area contributed by atoms with Crippen molar-refractivity contribution in [2.24, 2.45) is 0 Å². The molecule has 1 aromatic carbocycles. The number of nitrogens with one attached hydrogen (secondary N) is 1. The molecule has 2 heterocycles. The van der Waals surface area contributed by atoms with E-state index in [-0.39, 0.29) is 5.91 Å². The molecule has 0 aliphatic carbocycles. The highest BCUT2D eigenvalue weighted by Crippen LogP contribution is 2.14. The van der Waals surface area contributed by atoms with Crippen LogP contribution in [0.4, 0.5) is 5.82 Å². The van der Waals surface area contributed by atoms with Gasteiger partial charge >= 0.3 is 0 Å². The minimum atomic E-state index is -0.103. The monoisotopic (exact) mass is 308 g/mol. The summed E-state index contributed by atoms with van der Waals surface area (Å²) in [5.41, 5.74) is 1.77. The normalized spacial score (nSPS) is 10.3. The predicted octanol–water partition coefficient (Wildman–Crippen LogP) is 2.46. The Bertz CT molecular complexity index is 799. The molecule has 0 aliphatic rings. The van der Waals surface area contributed by atoms with Crippen molar-refractivity contribution in [2.45, 2.75) is 6.42 Å². The van der Waals surface area contributed by atoms with Crippen LogP contribution in [0.1, 0.15) is 5.56 Å². The Labute approximate surface area is 133 Å². The van der Waals surface area contributed by atoms with Crippen LogP contribution in [0.2, 0.25) is 0 Å². The van der Waals surface area contributed by atoms with Gasteiger partial charge in [-0.25, -0.2) is 9.67 Å². The number of carbonyl (C=O) groups excluding carboxylic acids is 1. The quantitative estimate of drug-likeness (QED) is 0.786. The van der Waals surface area contributed by atoms with Gasteiger partial charge in [-0.1, -0.05) is 30.3 Å². The fraction of sp³-hybridized carbons (Fsp3) is 0.118. The molecule has 6 heteroatoms. The number of nitrogens with zero attached hydrogens (tertiary/aromatic N) is 3. The Kier molecular flexibility index (Phi) is 4.33. The lowest BCUT2D eigenvalue weighted by Crippen LogP contribution is -2.15. The summed E-state index contributed by atoms with van der Waals surface area (Å²) in [7, 11) is 1.56. The summed E-state index contributed by atoms with van der Waals surface area (Å²) in [6, 6.07) is 14.9. The predicted molar refractivity (Wildman–Crippen MR) is 86.7 cm³/mol. The molecule has 0 saturated carbocycles. The third-order valence-corrected chi connectivity index (χ3v) is 3.26. The molecular weight excluding hydrogens is 292 g/mol. The van der Waals surface area contributed by atoms with Crippen LogP contribution in [0.15, 0.2) is 60.9 Å². The number of amides is 1. The topological polar surface area (TPSA) is 69.0 Å². The molecular formula is C17H16N4O2. The van der Waals surface area contributed by atoms with Gasteiger partial charge in [0.15, 0.2) is 5.82 Å². The summed E-state index contributed by atoms with van der Waals surface area (Å²) in [5, 5.41) is 7.13. The van der Waals surface area contributed by atoms with Crippen LogP contribution in [0.25, 0.3) is 5.69 Å². The highest BCUT2D eigenvalue weighted by Gasteiger charge is 2.07. The summed E-state index contributed by atoms with van der Waals surface area (Å²) >= 11 is 0. The number of pyridine rings is 1. The second-order valence-electron chi connectivity index (χ2n) is 4.91. The SMILES string of the molecule is COc1cc(-n2ccc(NC(=O)Cc3ccccc3)n2)ccn1. The second-order valence-corrected chi connectivity index (χ2v) is 4.91. The summed E-state index contributed by atoms with van der Waals surface area (Å²) in [6.07, 6.45) is 3.73. The fourth-order valence-electron chi connectivity index (χ4n) is 2.16. The van der Waals surface area contributed by atoms with Gasteiger partial charge in [0.1, 0.15) is 0 Å². The molecule has 1 N–H and O–H groups in total. The van der Waals surface area contributed by atoms with Gasteiger partial charge in [0.2, 0.25) is 11.8 Å². The van der Waals surface area contributed by atoms with E-state index in [0.717, 1.165) is 11.3 Å². The highest BCUT2D eigenvalue weighted by atomic mass is 16.5. The number of carbonyl (C=O) groups is 1. The number of ether oxygens (including phenoxy) is 1. The zero-order valence-electron chi connectivity index (χ0n) is 12.6. The zero-order valence-corrected chi connectivity index (χ0v) is 12.6. The molecule has 2 aromatic heterocycles. The molecule has 0 spiro atoms. The number of rotatable bonds is 5. The van der Waals surface area contributed by atoms with Crippen LogP contribution < -0.4 is 10.1 Å². The largest absolute Gasteiger partial charge is 0.481 e. The van der Waals surface area contributed by atoms with Gasteiger partial charge in [0.05, 0.1) is 19.2 Å². The van der Waals surface area contributed by atoms with E-state index in [4.69, 9.17) is 4.74 Å². The van der Waals surface area contributed by atoms with Gasteiger partial charge in [-0.3, -0.25) is 4.79 Å². The lowest BCUT2D eigenvalue weighted by molar-refractivity contribution is -0.115. The second kappa shape index (κ2) is 6.74. The molecule has 0 saturated heterocycles. The summed E-state index contributed by atoms with van der Waals surface area (Å²) < 4.78 is 6.75. The average Bonchev–Trinajstić information content (AvgIpc) is 3.04. The van der Waals surface area contributed by atoms with Gasteiger partial charge in [-0.15, -0.1) is 0 Å². The molecule has 3 aromatic rings. The molecule has 0 fully saturated rings. The molecule has 0 atom stereocenters. The van der Waals surface area contributed by atoms with Gasteiger partial charge in [0.25, 0.3) is 0 Å². The van der Waals surface area contributed by atoms with E-state index < -0.39 is 0 Å². The van der Waals surface area contributed by atoms with Crippen LogP contribution in [0, 0.1) is 0 Å².